The van der Waals surface area contributed by atoms with Crippen molar-refractivity contribution in [3.63, 3.8) is 0 Å². The Morgan fingerprint density at radius 2 is 1.17 bits per heavy atom. The van der Waals surface area contributed by atoms with Gasteiger partial charge in [-0.25, -0.2) is 0 Å². The van der Waals surface area contributed by atoms with E-state index in [1.54, 1.807) is 0 Å². The Morgan fingerprint density at radius 1 is 0.688 bits per heavy atom. The number of hydrogen-bond acceptors (Lipinski definition) is 14. The molecule has 2 saturated heterocycles. The maximum absolute atomic E-state index is 12.4. The lowest BCUT2D eigenvalue weighted by molar-refractivity contribution is -0.350. The lowest BCUT2D eigenvalue weighted by Gasteiger charge is -2.48. The molecule has 0 spiro atoms. The van der Waals surface area contributed by atoms with E-state index in [4.69, 9.17) is 37.9 Å². The highest BCUT2D eigenvalue weighted by Gasteiger charge is 2.56. The van der Waals surface area contributed by atoms with Gasteiger partial charge in [0.1, 0.15) is 30.5 Å². The predicted octanol–water partition coefficient (Wildman–Crippen LogP) is 2.08. The van der Waals surface area contributed by atoms with Crippen LogP contribution in [0.3, 0.4) is 0 Å². The van der Waals surface area contributed by atoms with E-state index in [0.29, 0.717) is 0 Å². The summed E-state index contributed by atoms with van der Waals surface area (Å²) in [6.07, 6.45) is -13.4. The minimum Gasteiger partial charge on any atom is -0.456 e. The summed E-state index contributed by atoms with van der Waals surface area (Å²) in [5.74, 6) is -2.41. The Labute approximate surface area is 276 Å². The number of azide groups is 1. The maximum Gasteiger partial charge on any atom is 0.303 e. The number of carbonyl (C=O) groups is 3. The quantitative estimate of drug-likeness (QED) is 0.0967. The molecule has 0 amide bonds. The van der Waals surface area contributed by atoms with E-state index >= 15 is 0 Å². The fraction of sp³-hybridized carbons (Fsp3) is 0.531. The molecule has 2 aliphatic rings. The number of esters is 3. The van der Waals surface area contributed by atoms with E-state index < -0.39 is 92.5 Å². The number of benzene rings is 2. The zero-order valence-corrected chi connectivity index (χ0v) is 26.6. The molecule has 2 heterocycles. The Balaban J connectivity index is 1.77. The molecule has 16 heteroatoms. The van der Waals surface area contributed by atoms with Crippen molar-refractivity contribution in [1.29, 1.82) is 0 Å². The highest BCUT2D eigenvalue weighted by molar-refractivity contribution is 5.68. The Morgan fingerprint density at radius 3 is 1.67 bits per heavy atom. The van der Waals surface area contributed by atoms with Gasteiger partial charge < -0.3 is 48.1 Å². The summed E-state index contributed by atoms with van der Waals surface area (Å²) in [7, 11) is 0. The van der Waals surface area contributed by atoms with Gasteiger partial charge in [0.15, 0.2) is 30.8 Å². The van der Waals surface area contributed by atoms with E-state index in [1.807, 2.05) is 60.7 Å². The number of aliphatic hydroxyl groups excluding tert-OH is 2. The minimum atomic E-state index is -1.61. The molecule has 0 aromatic heterocycles. The van der Waals surface area contributed by atoms with Gasteiger partial charge in [-0.2, -0.15) is 0 Å². The van der Waals surface area contributed by atoms with Crippen molar-refractivity contribution in [2.24, 2.45) is 5.11 Å². The first-order valence-electron chi connectivity index (χ1n) is 15.2. The summed E-state index contributed by atoms with van der Waals surface area (Å²) in [6.45, 7) is 2.04. The molecule has 1 unspecified atom stereocenters. The van der Waals surface area contributed by atoms with Crippen LogP contribution in [0.5, 0.6) is 0 Å². The van der Waals surface area contributed by atoms with E-state index in [-0.39, 0.29) is 13.2 Å². The van der Waals surface area contributed by atoms with Gasteiger partial charge in [0, 0.05) is 25.7 Å². The third kappa shape index (κ3) is 9.71. The smallest absolute Gasteiger partial charge is 0.303 e. The van der Waals surface area contributed by atoms with Gasteiger partial charge >= 0.3 is 17.9 Å². The minimum absolute atomic E-state index is 0.00410. The largest absolute Gasteiger partial charge is 0.456 e. The molecule has 2 fully saturated rings. The van der Waals surface area contributed by atoms with Crippen molar-refractivity contribution in [2.75, 3.05) is 13.2 Å². The van der Waals surface area contributed by atoms with Gasteiger partial charge in [0.2, 0.25) is 0 Å². The van der Waals surface area contributed by atoms with Gasteiger partial charge in [-0.15, -0.1) is 0 Å². The summed E-state index contributed by atoms with van der Waals surface area (Å²) < 4.78 is 47.4. The number of hydrogen-bond donors (Lipinski definition) is 2. The monoisotopic (exact) mass is 673 g/mol. The summed E-state index contributed by atoms with van der Waals surface area (Å²) in [4.78, 5) is 39.5. The van der Waals surface area contributed by atoms with Crippen molar-refractivity contribution in [1.82, 2.24) is 0 Å². The van der Waals surface area contributed by atoms with Gasteiger partial charge in [-0.1, -0.05) is 65.8 Å². The van der Waals surface area contributed by atoms with Crippen LogP contribution in [0, 0.1) is 0 Å². The van der Waals surface area contributed by atoms with Crippen molar-refractivity contribution in [2.45, 2.75) is 95.3 Å². The third-order valence-electron chi connectivity index (χ3n) is 7.49. The first-order chi connectivity index (χ1) is 23.1. The summed E-state index contributed by atoms with van der Waals surface area (Å²) in [6, 6.07) is 18.2. The fourth-order valence-corrected chi connectivity index (χ4v) is 5.52. The average molecular weight is 674 g/mol. The molecule has 16 nitrogen and oxygen atoms in total. The van der Waals surface area contributed by atoms with Crippen LogP contribution in [0.4, 0.5) is 0 Å². The summed E-state index contributed by atoms with van der Waals surface area (Å²) in [5, 5.41) is 24.4. The second-order valence-electron chi connectivity index (χ2n) is 11.0. The van der Waals surface area contributed by atoms with Crippen LogP contribution in [0.2, 0.25) is 0 Å². The molecule has 0 saturated carbocycles. The van der Waals surface area contributed by atoms with Gasteiger partial charge in [0.05, 0.1) is 26.4 Å². The molecule has 4 rings (SSSR count). The molecule has 0 aliphatic carbocycles. The highest BCUT2D eigenvalue weighted by Crippen LogP contribution is 2.35. The third-order valence-corrected chi connectivity index (χ3v) is 7.49. The van der Waals surface area contributed by atoms with Crippen LogP contribution in [0.15, 0.2) is 65.8 Å². The van der Waals surface area contributed by atoms with Crippen molar-refractivity contribution in [3.8, 4) is 0 Å². The van der Waals surface area contributed by atoms with E-state index in [2.05, 4.69) is 10.0 Å². The van der Waals surface area contributed by atoms with Crippen LogP contribution in [0.1, 0.15) is 31.9 Å². The molecular formula is C32H39N3O13. The van der Waals surface area contributed by atoms with Crippen molar-refractivity contribution < 1.29 is 62.5 Å². The van der Waals surface area contributed by atoms with Crippen LogP contribution < -0.4 is 0 Å². The van der Waals surface area contributed by atoms with Gasteiger partial charge in [-0.3, -0.25) is 14.4 Å². The second kappa shape index (κ2) is 17.9. The molecule has 48 heavy (non-hydrogen) atoms. The normalized spacial score (nSPS) is 30.0. The molecule has 2 aromatic carbocycles. The standard InChI is InChI=1S/C32H39N3O13/c1-18(38)43-26-24(15-37)47-32(30(45-20(3)40)28(26)44-19(2)39)48-27-25(41-16-21-10-6-4-7-11-21)23(14-36)46-31(34-35-33)29(27)42-17-22-12-8-5-9-13-22/h4-13,23-32,36-37H,14-17H2,1-3H3/t23-,24-,25-,26-,27+,28+,29-,30-,31?,32+/m1/s1. The van der Waals surface area contributed by atoms with E-state index in [0.717, 1.165) is 31.9 Å². The predicted molar refractivity (Wildman–Crippen MR) is 162 cm³/mol. The highest BCUT2D eigenvalue weighted by atomic mass is 16.7. The zero-order valence-electron chi connectivity index (χ0n) is 26.6. The molecule has 2 aliphatic heterocycles. The number of nitrogens with zero attached hydrogens (tertiary/aromatic N) is 3. The molecule has 0 radical (unpaired) electrons. The molecule has 2 aromatic rings. The van der Waals surface area contributed by atoms with Crippen LogP contribution in [0.25, 0.3) is 10.4 Å². The average Bonchev–Trinajstić information content (AvgIpc) is 3.06. The Hall–Kier alpha value is -4.12. The first-order valence-corrected chi connectivity index (χ1v) is 15.2. The molecule has 0 bridgehead atoms. The Kier molecular flexibility index (Phi) is 13.7. The number of ether oxygens (including phenoxy) is 8. The second-order valence-corrected chi connectivity index (χ2v) is 11.0. The summed E-state index contributed by atoms with van der Waals surface area (Å²) >= 11 is 0. The SMILES string of the molecule is CC(=O)O[C@@H]1[C@@H](OC(C)=O)[C@H](O[C@H]2[C@H](OCc3ccccc3)[C@@H](CO)OC(N=[N+]=[N-])[C@@H]2OCc2ccccc2)O[C@H](CO)[C@H]1OC(C)=O. The topological polar surface area (TPSA) is 214 Å². The van der Waals surface area contributed by atoms with Gasteiger partial charge in [0.25, 0.3) is 0 Å². The van der Waals surface area contributed by atoms with E-state index in [1.165, 1.54) is 0 Å². The zero-order chi connectivity index (χ0) is 34.6. The number of carbonyl (C=O) groups excluding carboxylic acids is 3. The van der Waals surface area contributed by atoms with Crippen LogP contribution in [-0.4, -0.2) is 103 Å². The molecule has 2 N–H and O–H groups in total. The number of rotatable bonds is 14. The Bertz CT molecular complexity index is 1390. The molecule has 260 valence electrons. The maximum atomic E-state index is 12.4. The molecular weight excluding hydrogens is 634 g/mol. The van der Waals surface area contributed by atoms with Crippen LogP contribution >= 0.6 is 0 Å². The summed E-state index contributed by atoms with van der Waals surface area (Å²) in [5.41, 5.74) is 11.0. The van der Waals surface area contributed by atoms with Crippen LogP contribution in [-0.2, 0) is 65.5 Å². The lowest BCUT2D eigenvalue weighted by atomic mass is 9.95. The lowest BCUT2D eigenvalue weighted by Crippen LogP contribution is -2.66. The number of aliphatic hydroxyl groups is 2. The van der Waals surface area contributed by atoms with Crippen molar-refractivity contribution >= 4 is 17.9 Å². The first kappa shape index (κ1) is 36.7. The van der Waals surface area contributed by atoms with Crippen molar-refractivity contribution in [3.05, 3.63) is 82.2 Å². The fourth-order valence-electron chi connectivity index (χ4n) is 5.52. The molecule has 10 atom stereocenters. The van der Waals surface area contributed by atoms with Gasteiger partial charge in [-0.05, 0) is 16.7 Å². The van der Waals surface area contributed by atoms with E-state index in [9.17, 15) is 30.1 Å².